The maximum absolute atomic E-state index is 9.72. The van der Waals surface area contributed by atoms with Gasteiger partial charge >= 0.3 is 30.8 Å². The van der Waals surface area contributed by atoms with Crippen molar-refractivity contribution in [2.45, 2.75) is 12.5 Å². The number of carboxylic acid groups (broad SMARTS) is 2. The summed E-state index contributed by atoms with van der Waals surface area (Å²) in [6.45, 7) is 0. The first-order valence-electron chi connectivity index (χ1n) is 2.16. The first kappa shape index (κ1) is 16.8. The predicted molar refractivity (Wildman–Crippen MR) is 27.8 cm³/mol. The fourth-order valence-corrected chi connectivity index (χ4v) is 0.253. The minimum absolute atomic E-state index is 0. The molecule has 0 bridgehead atoms. The average Bonchev–Trinajstić information content (AvgIpc) is 1.63. The van der Waals surface area contributed by atoms with E-state index in [-0.39, 0.29) is 24.3 Å². The number of aliphatic carboxylic acids is 2. The Morgan fingerprint density at radius 3 is 1.73 bits per heavy atom. The van der Waals surface area contributed by atoms with Crippen molar-refractivity contribution >= 4 is 11.9 Å². The Kier molecular flexibility index (Phi) is 11.6. The van der Waals surface area contributed by atoms with Crippen molar-refractivity contribution in [3.05, 3.63) is 0 Å². The van der Waals surface area contributed by atoms with Crippen molar-refractivity contribution in [1.29, 1.82) is 0 Å². The Bertz CT molecular complexity index is 135. The molecule has 0 amide bonds. The van der Waals surface area contributed by atoms with Gasteiger partial charge in [0.05, 0.1) is 6.42 Å². The van der Waals surface area contributed by atoms with Crippen molar-refractivity contribution in [3.63, 3.8) is 0 Å². The minimum atomic E-state index is -1.79. The summed E-state index contributed by atoms with van der Waals surface area (Å²) in [4.78, 5) is 19.4. The standard InChI is InChI=1S/C4H6O5.Li.H2O/c5-2(4(8)9)1-3(6)7;;/h2,5H,1H2,(H,6,7)(H,8,9);;1H2/q;+1;/p-1. The number of aliphatic hydroxyl groups excluding tert-OH is 1. The third-order valence-electron chi connectivity index (χ3n) is 0.653. The largest absolute Gasteiger partial charge is 1.00 e. The molecule has 7 heteroatoms. The zero-order valence-electron chi connectivity index (χ0n) is 5.89. The molecule has 0 aliphatic heterocycles. The molecule has 0 aromatic rings. The molecule has 0 heterocycles. The molecule has 0 saturated heterocycles. The molecule has 1 atom stereocenters. The molecule has 1 unspecified atom stereocenters. The second-order valence-electron chi connectivity index (χ2n) is 1.45. The van der Waals surface area contributed by atoms with Crippen LogP contribution in [0.4, 0.5) is 0 Å². The van der Waals surface area contributed by atoms with Crippen molar-refractivity contribution in [3.8, 4) is 0 Å². The summed E-state index contributed by atoms with van der Waals surface area (Å²) in [5, 5.41) is 24.1. The second-order valence-corrected chi connectivity index (χ2v) is 1.45. The van der Waals surface area contributed by atoms with Crippen LogP contribution in [0.25, 0.3) is 0 Å². The molecule has 0 saturated carbocycles. The fraction of sp³-hybridized carbons (Fsp3) is 0.500. The topological polar surface area (TPSA) is 125 Å². The maximum Gasteiger partial charge on any atom is 1.00 e. The molecule has 6 nitrogen and oxygen atoms in total. The third-order valence-corrected chi connectivity index (χ3v) is 0.653. The van der Waals surface area contributed by atoms with Crippen LogP contribution < -0.4 is 18.9 Å². The van der Waals surface area contributed by atoms with E-state index in [2.05, 4.69) is 0 Å². The fourth-order valence-electron chi connectivity index (χ4n) is 0.253. The van der Waals surface area contributed by atoms with Crippen molar-refractivity contribution in [1.82, 2.24) is 0 Å². The summed E-state index contributed by atoms with van der Waals surface area (Å²) in [6.07, 6.45) is -2.54. The van der Waals surface area contributed by atoms with Crippen LogP contribution in [0.5, 0.6) is 0 Å². The van der Waals surface area contributed by atoms with Crippen LogP contribution >= 0.6 is 0 Å². The first-order chi connectivity index (χ1) is 4.04. The smallest absolute Gasteiger partial charge is 0.870 e. The summed E-state index contributed by atoms with van der Waals surface area (Å²) >= 11 is 0. The molecular formula is C4H7LiO6. The SMILES string of the molecule is O=C(O)CC(O)C(=O)O.[Li+].[OH-]. The van der Waals surface area contributed by atoms with Crippen LogP contribution in [0.2, 0.25) is 0 Å². The van der Waals surface area contributed by atoms with Gasteiger partial charge in [0.1, 0.15) is 0 Å². The van der Waals surface area contributed by atoms with Crippen LogP contribution in [0, 0.1) is 0 Å². The summed E-state index contributed by atoms with van der Waals surface area (Å²) in [5.74, 6) is -2.85. The van der Waals surface area contributed by atoms with Gasteiger partial charge in [0.25, 0.3) is 0 Å². The zero-order chi connectivity index (χ0) is 7.44. The van der Waals surface area contributed by atoms with Crippen molar-refractivity contribution < 1.29 is 49.2 Å². The van der Waals surface area contributed by atoms with Gasteiger partial charge in [0.15, 0.2) is 6.10 Å². The Balaban J connectivity index is -0.000000320. The average molecular weight is 158 g/mol. The van der Waals surface area contributed by atoms with Gasteiger partial charge in [-0.05, 0) is 0 Å². The quantitative estimate of drug-likeness (QED) is 0.357. The van der Waals surface area contributed by atoms with E-state index >= 15 is 0 Å². The summed E-state index contributed by atoms with van der Waals surface area (Å²) in [7, 11) is 0. The van der Waals surface area contributed by atoms with E-state index in [9.17, 15) is 9.59 Å². The van der Waals surface area contributed by atoms with Gasteiger partial charge in [0.2, 0.25) is 0 Å². The Labute approximate surface area is 74.3 Å². The van der Waals surface area contributed by atoms with Crippen LogP contribution in [0.3, 0.4) is 0 Å². The number of carbonyl (C=O) groups is 2. The molecule has 0 aliphatic carbocycles. The number of hydrogen-bond donors (Lipinski definition) is 3. The third kappa shape index (κ3) is 9.46. The van der Waals surface area contributed by atoms with Gasteiger partial charge < -0.3 is 20.8 Å². The van der Waals surface area contributed by atoms with E-state index in [4.69, 9.17) is 15.3 Å². The Morgan fingerprint density at radius 1 is 1.27 bits per heavy atom. The van der Waals surface area contributed by atoms with Gasteiger partial charge in [-0.15, -0.1) is 0 Å². The number of hydrogen-bond acceptors (Lipinski definition) is 4. The number of carboxylic acids is 2. The molecule has 60 valence electrons. The summed E-state index contributed by atoms with van der Waals surface area (Å²) in [6, 6.07) is 0. The van der Waals surface area contributed by atoms with E-state index in [1.54, 1.807) is 0 Å². The van der Waals surface area contributed by atoms with Crippen LogP contribution in [-0.4, -0.2) is 38.8 Å². The van der Waals surface area contributed by atoms with Crippen molar-refractivity contribution in [2.75, 3.05) is 0 Å². The summed E-state index contributed by atoms with van der Waals surface area (Å²) in [5.41, 5.74) is 0. The normalized spacial score (nSPS) is 10.3. The number of aliphatic hydroxyl groups is 1. The van der Waals surface area contributed by atoms with Gasteiger partial charge in [-0.25, -0.2) is 4.79 Å². The Morgan fingerprint density at radius 2 is 1.64 bits per heavy atom. The molecule has 4 N–H and O–H groups in total. The molecule has 0 spiro atoms. The molecule has 0 radical (unpaired) electrons. The van der Waals surface area contributed by atoms with E-state index < -0.39 is 24.5 Å². The van der Waals surface area contributed by atoms with Crippen LogP contribution in [-0.2, 0) is 9.59 Å². The molecule has 11 heavy (non-hydrogen) atoms. The van der Waals surface area contributed by atoms with E-state index in [1.165, 1.54) is 0 Å². The van der Waals surface area contributed by atoms with Gasteiger partial charge in [-0.3, -0.25) is 4.79 Å². The predicted octanol–water partition coefficient (Wildman–Crippen LogP) is -4.27. The molecule has 0 rings (SSSR count). The summed E-state index contributed by atoms with van der Waals surface area (Å²) < 4.78 is 0. The minimum Gasteiger partial charge on any atom is -0.870 e. The van der Waals surface area contributed by atoms with E-state index in [0.717, 1.165) is 0 Å². The molecule has 0 aliphatic rings. The maximum atomic E-state index is 9.72. The Hall–Kier alpha value is -0.543. The van der Waals surface area contributed by atoms with Gasteiger partial charge in [-0.1, -0.05) is 0 Å². The van der Waals surface area contributed by atoms with Crippen molar-refractivity contribution in [2.24, 2.45) is 0 Å². The van der Waals surface area contributed by atoms with Crippen LogP contribution in [0.15, 0.2) is 0 Å². The molecule has 0 aromatic carbocycles. The number of rotatable bonds is 3. The van der Waals surface area contributed by atoms with Gasteiger partial charge in [0, 0.05) is 0 Å². The molecule has 0 aromatic heterocycles. The molecular weight excluding hydrogens is 151 g/mol. The zero-order valence-corrected chi connectivity index (χ0v) is 5.89. The first-order valence-corrected chi connectivity index (χ1v) is 2.16. The monoisotopic (exact) mass is 158 g/mol. The van der Waals surface area contributed by atoms with Crippen LogP contribution in [0.1, 0.15) is 6.42 Å². The second kappa shape index (κ2) is 7.56. The molecule has 0 fully saturated rings. The van der Waals surface area contributed by atoms with E-state index in [0.29, 0.717) is 0 Å². The van der Waals surface area contributed by atoms with Gasteiger partial charge in [-0.2, -0.15) is 0 Å². The van der Waals surface area contributed by atoms with E-state index in [1.807, 2.05) is 0 Å².